The van der Waals surface area contributed by atoms with Crippen LogP contribution in [-0.4, -0.2) is 35.8 Å². The van der Waals surface area contributed by atoms with Crippen molar-refractivity contribution >= 4 is 21.8 Å². The van der Waals surface area contributed by atoms with Gasteiger partial charge in [0.15, 0.2) is 6.61 Å². The third kappa shape index (κ3) is 5.54. The summed E-state index contributed by atoms with van der Waals surface area (Å²) < 4.78 is 5.47. The molecule has 4 heteroatoms. The van der Waals surface area contributed by atoms with E-state index >= 15 is 0 Å². The fourth-order valence-electron chi connectivity index (χ4n) is 1.57. The number of ether oxygens (including phenoxy) is 1. The fraction of sp³-hybridized carbons (Fsp3) is 0.500. The lowest BCUT2D eigenvalue weighted by Crippen LogP contribution is -2.37. The number of halogens is 1. The average Bonchev–Trinajstić information content (AvgIpc) is 2.42. The Bertz CT molecular complexity index is 343. The fourth-order valence-corrected chi connectivity index (χ4v) is 1.99. The highest BCUT2D eigenvalue weighted by molar-refractivity contribution is 9.09. The molecule has 0 radical (unpaired) electrons. The van der Waals surface area contributed by atoms with Gasteiger partial charge in [-0.2, -0.15) is 0 Å². The predicted molar refractivity (Wildman–Crippen MR) is 77.2 cm³/mol. The summed E-state index contributed by atoms with van der Waals surface area (Å²) >= 11 is 3.37. The van der Waals surface area contributed by atoms with Crippen LogP contribution in [-0.2, 0) is 4.79 Å². The lowest BCUT2D eigenvalue weighted by atomic mass is 10.3. The first kappa shape index (κ1) is 15.0. The zero-order chi connectivity index (χ0) is 13.2. The van der Waals surface area contributed by atoms with E-state index in [1.54, 1.807) is 0 Å². The maximum atomic E-state index is 12.0. The van der Waals surface area contributed by atoms with Crippen LogP contribution in [0.5, 0.6) is 5.75 Å². The van der Waals surface area contributed by atoms with Gasteiger partial charge in [-0.25, -0.2) is 0 Å². The van der Waals surface area contributed by atoms with Gasteiger partial charge in [0.05, 0.1) is 0 Å². The Morgan fingerprint density at radius 1 is 1.28 bits per heavy atom. The summed E-state index contributed by atoms with van der Waals surface area (Å²) in [5, 5.41) is 0.799. The minimum Gasteiger partial charge on any atom is -0.484 e. The molecule has 0 saturated carbocycles. The molecule has 3 nitrogen and oxygen atoms in total. The minimum atomic E-state index is 0.0479. The van der Waals surface area contributed by atoms with Gasteiger partial charge in [0.1, 0.15) is 5.75 Å². The van der Waals surface area contributed by atoms with E-state index in [1.807, 2.05) is 35.2 Å². The molecule has 0 saturated heterocycles. The van der Waals surface area contributed by atoms with Gasteiger partial charge in [0, 0.05) is 18.4 Å². The lowest BCUT2D eigenvalue weighted by Gasteiger charge is -2.21. The van der Waals surface area contributed by atoms with Crippen molar-refractivity contribution in [1.82, 2.24) is 4.90 Å². The van der Waals surface area contributed by atoms with Gasteiger partial charge in [0.25, 0.3) is 5.91 Å². The molecule has 1 amide bonds. The summed E-state index contributed by atoms with van der Waals surface area (Å²) in [5.41, 5.74) is 0. The van der Waals surface area contributed by atoms with Crippen molar-refractivity contribution in [3.63, 3.8) is 0 Å². The molecule has 0 N–H and O–H groups in total. The molecule has 0 unspecified atom stereocenters. The maximum absolute atomic E-state index is 12.0. The Labute approximate surface area is 117 Å². The second kappa shape index (κ2) is 8.97. The molecule has 1 aromatic rings. The van der Waals surface area contributed by atoms with Gasteiger partial charge in [-0.15, -0.1) is 0 Å². The van der Waals surface area contributed by atoms with Crippen molar-refractivity contribution in [2.24, 2.45) is 0 Å². The van der Waals surface area contributed by atoms with Gasteiger partial charge in [-0.1, -0.05) is 47.5 Å². The smallest absolute Gasteiger partial charge is 0.260 e. The van der Waals surface area contributed by atoms with Crippen LogP contribution in [0.15, 0.2) is 30.3 Å². The number of alkyl halides is 1. The summed E-state index contributed by atoms with van der Waals surface area (Å²) in [6.07, 6.45) is 2.12. The predicted octanol–water partition coefficient (Wildman–Crippen LogP) is 3.09. The molecule has 0 bridgehead atoms. The lowest BCUT2D eigenvalue weighted by molar-refractivity contribution is -0.133. The van der Waals surface area contributed by atoms with Gasteiger partial charge >= 0.3 is 0 Å². The third-order valence-corrected chi connectivity index (χ3v) is 2.95. The number of carbonyl (C=O) groups is 1. The summed E-state index contributed by atoms with van der Waals surface area (Å²) in [6, 6.07) is 9.43. The van der Waals surface area contributed by atoms with Gasteiger partial charge in [-0.3, -0.25) is 4.79 Å². The number of hydrogen-bond donors (Lipinski definition) is 0. The second-order valence-electron chi connectivity index (χ2n) is 4.03. The SMILES string of the molecule is CCCCN(CCBr)C(=O)COc1ccccc1. The van der Waals surface area contributed by atoms with Gasteiger partial charge in [0.2, 0.25) is 0 Å². The van der Waals surface area contributed by atoms with Crippen molar-refractivity contribution in [2.75, 3.05) is 25.0 Å². The number of carbonyl (C=O) groups excluding carboxylic acids is 1. The van der Waals surface area contributed by atoms with Crippen molar-refractivity contribution < 1.29 is 9.53 Å². The highest BCUT2D eigenvalue weighted by Crippen LogP contribution is 2.08. The van der Waals surface area contributed by atoms with E-state index in [0.29, 0.717) is 0 Å². The third-order valence-electron chi connectivity index (χ3n) is 2.59. The zero-order valence-electron chi connectivity index (χ0n) is 10.8. The van der Waals surface area contributed by atoms with Crippen LogP contribution in [0.4, 0.5) is 0 Å². The molecular weight excluding hydrogens is 294 g/mol. The molecule has 0 heterocycles. The van der Waals surface area contributed by atoms with Crippen molar-refractivity contribution in [3.05, 3.63) is 30.3 Å². The number of hydrogen-bond acceptors (Lipinski definition) is 2. The average molecular weight is 314 g/mol. The van der Waals surface area contributed by atoms with E-state index in [0.717, 1.165) is 37.0 Å². The first-order valence-corrected chi connectivity index (χ1v) is 7.41. The Balaban J connectivity index is 2.40. The van der Waals surface area contributed by atoms with Crippen LogP contribution < -0.4 is 4.74 Å². The molecule has 0 atom stereocenters. The molecule has 1 aromatic carbocycles. The maximum Gasteiger partial charge on any atom is 0.260 e. The number of para-hydroxylation sites is 1. The number of amides is 1. The first-order valence-electron chi connectivity index (χ1n) is 6.29. The quantitative estimate of drug-likeness (QED) is 0.690. The minimum absolute atomic E-state index is 0.0479. The zero-order valence-corrected chi connectivity index (χ0v) is 12.4. The van der Waals surface area contributed by atoms with Crippen LogP contribution in [0, 0.1) is 0 Å². The van der Waals surface area contributed by atoms with Crippen LogP contribution in [0.25, 0.3) is 0 Å². The number of unbranched alkanes of at least 4 members (excludes halogenated alkanes) is 1. The molecular formula is C14H20BrNO2. The summed E-state index contributed by atoms with van der Waals surface area (Å²) in [7, 11) is 0. The van der Waals surface area contributed by atoms with Crippen molar-refractivity contribution in [2.45, 2.75) is 19.8 Å². The van der Waals surface area contributed by atoms with E-state index in [1.165, 1.54) is 0 Å². The monoisotopic (exact) mass is 313 g/mol. The molecule has 0 spiro atoms. The molecule has 0 fully saturated rings. The number of nitrogens with zero attached hydrogens (tertiary/aromatic N) is 1. The highest BCUT2D eigenvalue weighted by atomic mass is 79.9. The summed E-state index contributed by atoms with van der Waals surface area (Å²) in [5.74, 6) is 0.784. The van der Waals surface area contributed by atoms with Crippen LogP contribution >= 0.6 is 15.9 Å². The molecule has 100 valence electrons. The van der Waals surface area contributed by atoms with E-state index in [-0.39, 0.29) is 12.5 Å². The van der Waals surface area contributed by atoms with Crippen molar-refractivity contribution in [3.8, 4) is 5.75 Å². The first-order chi connectivity index (χ1) is 8.77. The van der Waals surface area contributed by atoms with Crippen LogP contribution in [0.1, 0.15) is 19.8 Å². The molecule has 0 aromatic heterocycles. The largest absolute Gasteiger partial charge is 0.484 e. The molecule has 0 aliphatic rings. The van der Waals surface area contributed by atoms with Gasteiger partial charge in [-0.05, 0) is 18.6 Å². The molecule has 18 heavy (non-hydrogen) atoms. The number of rotatable bonds is 8. The highest BCUT2D eigenvalue weighted by Gasteiger charge is 2.12. The second-order valence-corrected chi connectivity index (χ2v) is 4.82. The van der Waals surface area contributed by atoms with Crippen LogP contribution in [0.3, 0.4) is 0 Å². The molecule has 1 rings (SSSR count). The Morgan fingerprint density at radius 3 is 2.61 bits per heavy atom. The molecule has 0 aliphatic heterocycles. The molecule has 0 aliphatic carbocycles. The Hall–Kier alpha value is -1.03. The summed E-state index contributed by atoms with van der Waals surface area (Å²) in [4.78, 5) is 13.8. The van der Waals surface area contributed by atoms with Crippen molar-refractivity contribution in [1.29, 1.82) is 0 Å². The van der Waals surface area contributed by atoms with E-state index in [4.69, 9.17) is 4.74 Å². The normalized spacial score (nSPS) is 10.1. The standard InChI is InChI=1S/C14H20BrNO2/c1-2-3-10-16(11-9-15)14(17)12-18-13-7-5-4-6-8-13/h4-8H,2-3,9-12H2,1H3. The van der Waals surface area contributed by atoms with E-state index in [2.05, 4.69) is 22.9 Å². The topological polar surface area (TPSA) is 29.5 Å². The Morgan fingerprint density at radius 2 is 2.00 bits per heavy atom. The van der Waals surface area contributed by atoms with Gasteiger partial charge < -0.3 is 9.64 Å². The van der Waals surface area contributed by atoms with E-state index < -0.39 is 0 Å². The van der Waals surface area contributed by atoms with Crippen LogP contribution in [0.2, 0.25) is 0 Å². The number of benzene rings is 1. The Kier molecular flexibility index (Phi) is 7.49. The van der Waals surface area contributed by atoms with E-state index in [9.17, 15) is 4.79 Å². The summed E-state index contributed by atoms with van der Waals surface area (Å²) in [6.45, 7) is 3.77.